The van der Waals surface area contributed by atoms with Crippen LogP contribution in [0.15, 0.2) is 0 Å². The van der Waals surface area contributed by atoms with Crippen molar-refractivity contribution in [3.8, 4) is 0 Å². The van der Waals surface area contributed by atoms with Crippen LogP contribution < -0.4 is 5.32 Å². The lowest BCUT2D eigenvalue weighted by atomic mass is 10.2. The monoisotopic (exact) mass is 233 g/mol. The molecule has 4 heteroatoms. The third kappa shape index (κ3) is 10.1. The largest absolute Gasteiger partial charge is 0.393 e. The van der Waals surface area contributed by atoms with E-state index in [1.54, 1.807) is 11.8 Å². The molecule has 0 rings (SSSR count). The Kier molecular flexibility index (Phi) is 7.02. The summed E-state index contributed by atoms with van der Waals surface area (Å²) in [6.45, 7) is 8.77. The summed E-state index contributed by atoms with van der Waals surface area (Å²) in [4.78, 5) is 11.3. The normalized spacial score (nSPS) is 13.7. The van der Waals surface area contributed by atoms with Gasteiger partial charge in [-0.1, -0.05) is 27.7 Å². The lowest BCUT2D eigenvalue weighted by Crippen LogP contribution is -2.29. The van der Waals surface area contributed by atoms with Crippen LogP contribution in [-0.2, 0) is 4.79 Å². The summed E-state index contributed by atoms with van der Waals surface area (Å²) in [6, 6.07) is 0. The molecule has 0 spiro atoms. The van der Waals surface area contributed by atoms with Crippen LogP contribution in [0.1, 0.15) is 40.5 Å². The molecule has 0 aliphatic rings. The molecule has 90 valence electrons. The zero-order valence-corrected chi connectivity index (χ0v) is 11.0. The van der Waals surface area contributed by atoms with Crippen LogP contribution in [0.25, 0.3) is 0 Å². The van der Waals surface area contributed by atoms with Crippen LogP contribution in [0, 0.1) is 0 Å². The molecule has 2 N–H and O–H groups in total. The van der Waals surface area contributed by atoms with E-state index in [-0.39, 0.29) is 16.8 Å². The maximum Gasteiger partial charge on any atom is 0.230 e. The highest BCUT2D eigenvalue weighted by molar-refractivity contribution is 8.01. The van der Waals surface area contributed by atoms with Crippen LogP contribution in [0.5, 0.6) is 0 Å². The topological polar surface area (TPSA) is 49.3 Å². The Morgan fingerprint density at radius 3 is 2.53 bits per heavy atom. The van der Waals surface area contributed by atoms with Gasteiger partial charge in [0.2, 0.25) is 5.91 Å². The zero-order chi connectivity index (χ0) is 11.9. The van der Waals surface area contributed by atoms with E-state index in [0.717, 1.165) is 6.42 Å². The van der Waals surface area contributed by atoms with Crippen molar-refractivity contribution in [2.45, 2.75) is 51.4 Å². The van der Waals surface area contributed by atoms with Crippen molar-refractivity contribution in [1.29, 1.82) is 0 Å². The molecule has 1 unspecified atom stereocenters. The van der Waals surface area contributed by atoms with Crippen molar-refractivity contribution >= 4 is 17.7 Å². The molecule has 0 aromatic heterocycles. The summed E-state index contributed by atoms with van der Waals surface area (Å²) in [6.07, 6.45) is 1.09. The molecular weight excluding hydrogens is 210 g/mol. The Bertz CT molecular complexity index is 190. The maximum atomic E-state index is 11.3. The summed E-state index contributed by atoms with van der Waals surface area (Å²) >= 11 is 1.63. The standard InChI is InChI=1S/C11H23NO2S/c1-5-9(13)6-7-12-10(14)8-15-11(2,3)4/h9,13H,5-8H2,1-4H3,(H,12,14). The fourth-order valence-electron chi connectivity index (χ4n) is 0.915. The molecule has 1 atom stereocenters. The summed E-state index contributed by atoms with van der Waals surface area (Å²) in [5, 5.41) is 12.1. The van der Waals surface area contributed by atoms with Gasteiger partial charge in [0.25, 0.3) is 0 Å². The van der Waals surface area contributed by atoms with Gasteiger partial charge in [-0.05, 0) is 12.8 Å². The summed E-state index contributed by atoms with van der Waals surface area (Å²) in [7, 11) is 0. The van der Waals surface area contributed by atoms with Gasteiger partial charge in [0.1, 0.15) is 0 Å². The number of carbonyl (C=O) groups is 1. The Morgan fingerprint density at radius 2 is 2.07 bits per heavy atom. The predicted molar refractivity (Wildman–Crippen MR) is 66.1 cm³/mol. The van der Waals surface area contributed by atoms with E-state index in [0.29, 0.717) is 18.7 Å². The van der Waals surface area contributed by atoms with Crippen LogP contribution in [-0.4, -0.2) is 34.2 Å². The molecule has 0 bridgehead atoms. The number of amides is 1. The molecule has 0 fully saturated rings. The lowest BCUT2D eigenvalue weighted by Gasteiger charge is -2.17. The first-order valence-electron chi connectivity index (χ1n) is 5.44. The number of nitrogens with one attached hydrogen (secondary N) is 1. The molecule has 0 aromatic carbocycles. The molecule has 0 radical (unpaired) electrons. The van der Waals surface area contributed by atoms with Crippen molar-refractivity contribution in [2.24, 2.45) is 0 Å². The molecule has 0 aromatic rings. The fourth-order valence-corrected chi connectivity index (χ4v) is 1.58. The van der Waals surface area contributed by atoms with Gasteiger partial charge in [-0.25, -0.2) is 0 Å². The van der Waals surface area contributed by atoms with E-state index < -0.39 is 0 Å². The maximum absolute atomic E-state index is 11.3. The van der Waals surface area contributed by atoms with E-state index in [1.165, 1.54) is 0 Å². The Morgan fingerprint density at radius 1 is 1.47 bits per heavy atom. The van der Waals surface area contributed by atoms with Gasteiger partial charge in [-0.2, -0.15) is 0 Å². The third-order valence-corrected chi connectivity index (χ3v) is 3.18. The first-order chi connectivity index (χ1) is 6.85. The van der Waals surface area contributed by atoms with Crippen LogP contribution in [0.2, 0.25) is 0 Å². The number of aliphatic hydroxyl groups is 1. The molecule has 0 aliphatic heterocycles. The highest BCUT2D eigenvalue weighted by Gasteiger charge is 2.13. The van der Waals surface area contributed by atoms with Crippen LogP contribution >= 0.6 is 11.8 Å². The quantitative estimate of drug-likeness (QED) is 0.735. The van der Waals surface area contributed by atoms with Crippen molar-refractivity contribution in [3.63, 3.8) is 0 Å². The smallest absolute Gasteiger partial charge is 0.230 e. The van der Waals surface area contributed by atoms with Gasteiger partial charge in [0.05, 0.1) is 11.9 Å². The summed E-state index contributed by atoms with van der Waals surface area (Å²) in [5.41, 5.74) is 0. The average molecular weight is 233 g/mol. The SMILES string of the molecule is CCC(O)CCNC(=O)CSC(C)(C)C. The van der Waals surface area contributed by atoms with Crippen molar-refractivity contribution < 1.29 is 9.90 Å². The molecule has 0 aliphatic carbocycles. The Labute approximate surface area is 97.0 Å². The van der Waals surface area contributed by atoms with Crippen molar-refractivity contribution in [2.75, 3.05) is 12.3 Å². The van der Waals surface area contributed by atoms with Crippen molar-refractivity contribution in [1.82, 2.24) is 5.32 Å². The predicted octanol–water partition coefficient (Wildman–Crippen LogP) is 1.80. The minimum atomic E-state index is -0.291. The van der Waals surface area contributed by atoms with Gasteiger partial charge in [-0.3, -0.25) is 4.79 Å². The van der Waals surface area contributed by atoms with Gasteiger partial charge in [-0.15, -0.1) is 11.8 Å². The van der Waals surface area contributed by atoms with Gasteiger partial charge in [0.15, 0.2) is 0 Å². The molecule has 1 amide bonds. The first-order valence-corrected chi connectivity index (χ1v) is 6.42. The molecule has 3 nitrogen and oxygen atoms in total. The van der Waals surface area contributed by atoms with E-state index in [2.05, 4.69) is 26.1 Å². The second kappa shape index (κ2) is 7.12. The number of hydrogen-bond donors (Lipinski definition) is 2. The number of rotatable bonds is 6. The van der Waals surface area contributed by atoms with E-state index in [9.17, 15) is 9.90 Å². The lowest BCUT2D eigenvalue weighted by molar-refractivity contribution is -0.118. The highest BCUT2D eigenvalue weighted by atomic mass is 32.2. The summed E-state index contributed by atoms with van der Waals surface area (Å²) in [5.74, 6) is 0.546. The zero-order valence-electron chi connectivity index (χ0n) is 10.2. The van der Waals surface area contributed by atoms with Gasteiger partial charge in [0, 0.05) is 11.3 Å². The molecular formula is C11H23NO2S. The summed E-state index contributed by atoms with van der Waals surface area (Å²) < 4.78 is 0.125. The minimum Gasteiger partial charge on any atom is -0.393 e. The van der Waals surface area contributed by atoms with E-state index >= 15 is 0 Å². The van der Waals surface area contributed by atoms with Crippen molar-refractivity contribution in [3.05, 3.63) is 0 Å². The van der Waals surface area contributed by atoms with Crippen LogP contribution in [0.3, 0.4) is 0 Å². The first kappa shape index (κ1) is 14.8. The fraction of sp³-hybridized carbons (Fsp3) is 0.909. The molecule has 0 saturated heterocycles. The molecule has 0 heterocycles. The van der Waals surface area contributed by atoms with E-state index in [4.69, 9.17) is 0 Å². The number of carbonyl (C=O) groups excluding carboxylic acids is 1. The van der Waals surface area contributed by atoms with Gasteiger partial charge < -0.3 is 10.4 Å². The number of hydrogen-bond acceptors (Lipinski definition) is 3. The number of thioether (sulfide) groups is 1. The van der Waals surface area contributed by atoms with Gasteiger partial charge >= 0.3 is 0 Å². The molecule has 15 heavy (non-hydrogen) atoms. The Balaban J connectivity index is 3.50. The second-order valence-electron chi connectivity index (χ2n) is 4.60. The average Bonchev–Trinajstić information content (AvgIpc) is 2.13. The number of aliphatic hydroxyl groups excluding tert-OH is 1. The third-order valence-electron chi connectivity index (χ3n) is 1.91. The highest BCUT2D eigenvalue weighted by Crippen LogP contribution is 2.22. The molecule has 0 saturated carbocycles. The van der Waals surface area contributed by atoms with Crippen LogP contribution in [0.4, 0.5) is 0 Å². The Hall–Kier alpha value is -0.220. The van der Waals surface area contributed by atoms with E-state index in [1.807, 2.05) is 6.92 Å². The minimum absolute atomic E-state index is 0.0539. The second-order valence-corrected chi connectivity index (χ2v) is 6.40.